The van der Waals surface area contributed by atoms with E-state index in [1.807, 2.05) is 0 Å². The Labute approximate surface area is 113 Å². The van der Waals surface area contributed by atoms with Crippen LogP contribution in [0.2, 0.25) is 0 Å². The summed E-state index contributed by atoms with van der Waals surface area (Å²) < 4.78 is 46.1. The van der Waals surface area contributed by atoms with Gasteiger partial charge < -0.3 is 14.8 Å². The monoisotopic (exact) mass is 296 g/mol. The largest absolute Gasteiger partial charge is 0.491 e. The van der Waals surface area contributed by atoms with Gasteiger partial charge in [-0.25, -0.2) is 9.59 Å². The first-order valence-electron chi connectivity index (χ1n) is 6.22. The first-order chi connectivity index (χ1) is 9.30. The number of ether oxygens (including phenoxy) is 2. The number of nitrogens with zero attached hydrogens (tertiary/aromatic N) is 1. The van der Waals surface area contributed by atoms with Gasteiger partial charge in [0.25, 0.3) is 0 Å². The predicted octanol–water partition coefficient (Wildman–Crippen LogP) is 0.870. The third-order valence-electron chi connectivity index (χ3n) is 3.52. The lowest BCUT2D eigenvalue weighted by Gasteiger charge is -2.53. The van der Waals surface area contributed by atoms with Gasteiger partial charge in [-0.2, -0.15) is 13.2 Å². The fraction of sp³-hybridized carbons (Fsp3) is 0.818. The van der Waals surface area contributed by atoms with Crippen LogP contribution in [0.3, 0.4) is 0 Å². The average molecular weight is 296 g/mol. The zero-order valence-corrected chi connectivity index (χ0v) is 10.8. The summed E-state index contributed by atoms with van der Waals surface area (Å²) in [6.07, 6.45) is -6.54. The molecule has 2 heterocycles. The number of hydrogen-bond acceptors (Lipinski definition) is 5. The van der Waals surface area contributed by atoms with Crippen LogP contribution < -0.4 is 5.32 Å². The fourth-order valence-corrected chi connectivity index (χ4v) is 2.55. The number of amides is 1. The molecule has 0 aromatic carbocycles. The van der Waals surface area contributed by atoms with Gasteiger partial charge in [-0.3, -0.25) is 4.90 Å². The van der Waals surface area contributed by atoms with Gasteiger partial charge in [0.05, 0.1) is 12.0 Å². The van der Waals surface area contributed by atoms with Crippen LogP contribution in [-0.4, -0.2) is 55.6 Å². The Balaban J connectivity index is 2.09. The summed E-state index contributed by atoms with van der Waals surface area (Å²) in [5, 5.41) is 3.00. The highest BCUT2D eigenvalue weighted by atomic mass is 19.4. The normalized spacial score (nSPS) is 29.2. The molecule has 2 unspecified atom stereocenters. The van der Waals surface area contributed by atoms with Crippen LogP contribution >= 0.6 is 0 Å². The molecular weight excluding hydrogens is 281 g/mol. The van der Waals surface area contributed by atoms with E-state index in [0.29, 0.717) is 19.5 Å². The zero-order chi connectivity index (χ0) is 15.0. The van der Waals surface area contributed by atoms with Crippen LogP contribution in [0.25, 0.3) is 0 Å². The van der Waals surface area contributed by atoms with E-state index >= 15 is 0 Å². The number of halogens is 3. The Bertz CT molecular complexity index is 407. The number of nitrogens with one attached hydrogen (secondary N) is 1. The lowest BCUT2D eigenvalue weighted by molar-refractivity contribution is -0.241. The smallest absolute Gasteiger partial charge is 0.450 e. The van der Waals surface area contributed by atoms with Crippen LogP contribution in [0.15, 0.2) is 0 Å². The van der Waals surface area contributed by atoms with E-state index in [4.69, 9.17) is 4.74 Å². The number of rotatable bonds is 2. The number of likely N-dealkylation sites (tertiary alicyclic amines) is 1. The molecule has 1 amide bonds. The molecule has 2 rings (SSSR count). The van der Waals surface area contributed by atoms with Gasteiger partial charge in [-0.05, 0) is 19.9 Å². The van der Waals surface area contributed by atoms with Crippen LogP contribution in [0.4, 0.5) is 18.0 Å². The molecule has 0 aromatic rings. The predicted molar refractivity (Wildman–Crippen MR) is 59.6 cm³/mol. The van der Waals surface area contributed by atoms with Crippen molar-refractivity contribution >= 4 is 12.1 Å². The summed E-state index contributed by atoms with van der Waals surface area (Å²) in [5.41, 5.74) is -0.645. The topological polar surface area (TPSA) is 67.9 Å². The van der Waals surface area contributed by atoms with Crippen LogP contribution in [0.5, 0.6) is 0 Å². The van der Waals surface area contributed by atoms with E-state index in [9.17, 15) is 22.8 Å². The first-order valence-corrected chi connectivity index (χ1v) is 6.22. The van der Waals surface area contributed by atoms with Gasteiger partial charge in [-0.1, -0.05) is 0 Å². The van der Waals surface area contributed by atoms with Crippen molar-refractivity contribution in [2.75, 3.05) is 26.2 Å². The van der Waals surface area contributed by atoms with Gasteiger partial charge in [0.1, 0.15) is 0 Å². The molecule has 2 fully saturated rings. The van der Waals surface area contributed by atoms with Crippen LogP contribution in [0.1, 0.15) is 13.3 Å². The third-order valence-corrected chi connectivity index (χ3v) is 3.52. The molecule has 1 N–H and O–H groups in total. The lowest BCUT2D eigenvalue weighted by Crippen LogP contribution is -2.69. The molecule has 114 valence electrons. The molecule has 2 saturated heterocycles. The quantitative estimate of drug-likeness (QED) is 0.766. The molecule has 0 aliphatic carbocycles. The van der Waals surface area contributed by atoms with Crippen molar-refractivity contribution in [1.82, 2.24) is 10.2 Å². The summed E-state index contributed by atoms with van der Waals surface area (Å²) in [5.74, 6) is -2.29. The minimum atomic E-state index is -5.08. The van der Waals surface area contributed by atoms with Crippen molar-refractivity contribution in [2.45, 2.75) is 25.7 Å². The molecule has 20 heavy (non-hydrogen) atoms. The zero-order valence-electron chi connectivity index (χ0n) is 10.8. The Hall–Kier alpha value is -1.51. The maximum absolute atomic E-state index is 12.3. The number of carbonyl (C=O) groups excluding carboxylic acids is 2. The molecule has 1 spiro atoms. The molecule has 2 aliphatic heterocycles. The highest BCUT2D eigenvalue weighted by Gasteiger charge is 2.60. The summed E-state index contributed by atoms with van der Waals surface area (Å²) in [7, 11) is 0. The molecule has 0 radical (unpaired) electrons. The molecule has 6 nitrogen and oxygen atoms in total. The Morgan fingerprint density at radius 1 is 1.45 bits per heavy atom. The van der Waals surface area contributed by atoms with E-state index in [1.165, 1.54) is 0 Å². The van der Waals surface area contributed by atoms with Crippen molar-refractivity contribution in [2.24, 2.45) is 5.41 Å². The molecule has 0 bridgehead atoms. The second-order valence-corrected chi connectivity index (χ2v) is 4.87. The first kappa shape index (κ1) is 14.9. The van der Waals surface area contributed by atoms with Gasteiger partial charge in [0.2, 0.25) is 0 Å². The van der Waals surface area contributed by atoms with E-state index in [2.05, 4.69) is 10.1 Å². The number of carbonyl (C=O) groups is 2. The minimum absolute atomic E-state index is 0.0977. The SMILES string of the molecule is CCOC(=O)N1CC2(CCNC2)C1OC(=O)C(F)(F)F. The summed E-state index contributed by atoms with van der Waals surface area (Å²) in [6.45, 7) is 2.91. The van der Waals surface area contributed by atoms with Crippen molar-refractivity contribution < 1.29 is 32.2 Å². The second kappa shape index (κ2) is 5.12. The molecule has 0 aromatic heterocycles. The fourth-order valence-electron chi connectivity index (χ4n) is 2.55. The average Bonchev–Trinajstić information content (AvgIpc) is 2.83. The number of hydrogen-bond donors (Lipinski definition) is 1. The van der Waals surface area contributed by atoms with Crippen LogP contribution in [-0.2, 0) is 14.3 Å². The van der Waals surface area contributed by atoms with E-state index in [-0.39, 0.29) is 13.2 Å². The lowest BCUT2D eigenvalue weighted by atomic mass is 9.77. The highest BCUT2D eigenvalue weighted by molar-refractivity contribution is 5.77. The van der Waals surface area contributed by atoms with E-state index in [0.717, 1.165) is 4.90 Å². The maximum atomic E-state index is 12.3. The van der Waals surface area contributed by atoms with Crippen molar-refractivity contribution in [3.8, 4) is 0 Å². The number of esters is 1. The van der Waals surface area contributed by atoms with Gasteiger partial charge >= 0.3 is 18.2 Å². The van der Waals surface area contributed by atoms with Gasteiger partial charge in [0.15, 0.2) is 6.23 Å². The van der Waals surface area contributed by atoms with Gasteiger partial charge in [0, 0.05) is 13.1 Å². The molecule has 2 atom stereocenters. The maximum Gasteiger partial charge on any atom is 0.491 e. The third kappa shape index (κ3) is 2.54. The van der Waals surface area contributed by atoms with Crippen molar-refractivity contribution in [3.63, 3.8) is 0 Å². The van der Waals surface area contributed by atoms with E-state index < -0.39 is 29.9 Å². The summed E-state index contributed by atoms with van der Waals surface area (Å²) >= 11 is 0. The van der Waals surface area contributed by atoms with Crippen molar-refractivity contribution in [1.29, 1.82) is 0 Å². The molecule has 0 saturated carbocycles. The minimum Gasteiger partial charge on any atom is -0.450 e. The van der Waals surface area contributed by atoms with Gasteiger partial charge in [-0.15, -0.1) is 0 Å². The second-order valence-electron chi connectivity index (χ2n) is 4.87. The highest BCUT2D eigenvalue weighted by Crippen LogP contribution is 2.44. The standard InChI is InChI=1S/C11H15F3N2O4/c1-2-19-9(18)16-6-10(3-4-15-5-10)7(16)20-8(17)11(12,13)14/h7,15H,2-6H2,1H3. The van der Waals surface area contributed by atoms with Crippen molar-refractivity contribution in [3.05, 3.63) is 0 Å². The summed E-state index contributed by atoms with van der Waals surface area (Å²) in [4.78, 5) is 23.6. The Morgan fingerprint density at radius 2 is 2.15 bits per heavy atom. The molecular formula is C11H15F3N2O4. The molecule has 2 aliphatic rings. The van der Waals surface area contributed by atoms with E-state index in [1.54, 1.807) is 6.92 Å². The summed E-state index contributed by atoms with van der Waals surface area (Å²) in [6, 6.07) is 0. The Morgan fingerprint density at radius 3 is 2.65 bits per heavy atom. The van der Waals surface area contributed by atoms with Crippen LogP contribution in [0, 0.1) is 5.41 Å². The number of alkyl halides is 3. The molecule has 9 heteroatoms. The Kier molecular flexibility index (Phi) is 3.81.